The summed E-state index contributed by atoms with van der Waals surface area (Å²) in [5.41, 5.74) is 1.60. The van der Waals surface area contributed by atoms with Crippen LogP contribution in [0, 0.1) is 5.41 Å². The lowest BCUT2D eigenvalue weighted by Crippen LogP contribution is -2.32. The van der Waals surface area contributed by atoms with E-state index in [4.69, 9.17) is 9.47 Å². The van der Waals surface area contributed by atoms with Gasteiger partial charge in [0, 0.05) is 18.7 Å². The maximum absolute atomic E-state index is 5.90. The lowest BCUT2D eigenvalue weighted by atomic mass is 9.77. The Morgan fingerprint density at radius 2 is 1.90 bits per heavy atom. The van der Waals surface area contributed by atoms with E-state index in [1.807, 2.05) is 6.07 Å². The van der Waals surface area contributed by atoms with Crippen molar-refractivity contribution < 1.29 is 9.47 Å². The third-order valence-electron chi connectivity index (χ3n) is 4.51. The molecule has 112 valence electrons. The molecule has 3 nitrogen and oxygen atoms in total. The first-order chi connectivity index (χ1) is 9.71. The minimum atomic E-state index is 0.329. The Kier molecular flexibility index (Phi) is 5.44. The average Bonchev–Trinajstić information content (AvgIpc) is 2.89. The van der Waals surface area contributed by atoms with Crippen LogP contribution in [0.3, 0.4) is 0 Å². The Hall–Kier alpha value is -1.06. The molecule has 1 aliphatic carbocycles. The lowest BCUT2D eigenvalue weighted by Gasteiger charge is -2.35. The molecule has 1 aliphatic rings. The van der Waals surface area contributed by atoms with Gasteiger partial charge in [-0.3, -0.25) is 0 Å². The predicted octanol–water partition coefficient (Wildman–Crippen LogP) is 3.55. The number of para-hydroxylation sites is 1. The van der Waals surface area contributed by atoms with E-state index in [-0.39, 0.29) is 0 Å². The van der Waals surface area contributed by atoms with Crippen LogP contribution in [-0.4, -0.2) is 27.4 Å². The van der Waals surface area contributed by atoms with Gasteiger partial charge in [0.1, 0.15) is 12.4 Å². The molecule has 0 bridgehead atoms. The van der Waals surface area contributed by atoms with Crippen LogP contribution in [0.2, 0.25) is 0 Å². The SMILES string of the molecule is CNC(c1ccccc1OCCOC)C1(C)CCCC1. The zero-order valence-corrected chi connectivity index (χ0v) is 12.9. The van der Waals surface area contributed by atoms with Crippen LogP contribution in [0.5, 0.6) is 5.75 Å². The zero-order valence-electron chi connectivity index (χ0n) is 12.9. The average molecular weight is 277 g/mol. The van der Waals surface area contributed by atoms with Crippen molar-refractivity contribution in [3.63, 3.8) is 0 Å². The van der Waals surface area contributed by atoms with Crippen molar-refractivity contribution >= 4 is 0 Å². The molecule has 1 fully saturated rings. The van der Waals surface area contributed by atoms with E-state index in [1.165, 1.54) is 31.2 Å². The Morgan fingerprint density at radius 1 is 1.20 bits per heavy atom. The minimum absolute atomic E-state index is 0.329. The van der Waals surface area contributed by atoms with Gasteiger partial charge in [-0.15, -0.1) is 0 Å². The molecule has 2 rings (SSSR count). The third kappa shape index (κ3) is 3.33. The highest BCUT2D eigenvalue weighted by atomic mass is 16.5. The number of methoxy groups -OCH3 is 1. The highest BCUT2D eigenvalue weighted by molar-refractivity contribution is 5.37. The molecule has 0 radical (unpaired) electrons. The summed E-state index contributed by atoms with van der Waals surface area (Å²) in [4.78, 5) is 0. The van der Waals surface area contributed by atoms with E-state index in [0.29, 0.717) is 24.7 Å². The van der Waals surface area contributed by atoms with Crippen LogP contribution in [0.15, 0.2) is 24.3 Å². The highest BCUT2D eigenvalue weighted by Crippen LogP contribution is 2.48. The first kappa shape index (κ1) is 15.3. The topological polar surface area (TPSA) is 30.5 Å². The van der Waals surface area contributed by atoms with Crippen molar-refractivity contribution in [3.8, 4) is 5.75 Å². The summed E-state index contributed by atoms with van der Waals surface area (Å²) in [6.45, 7) is 3.61. The Balaban J connectivity index is 2.20. The van der Waals surface area contributed by atoms with E-state index in [9.17, 15) is 0 Å². The fraction of sp³-hybridized carbons (Fsp3) is 0.647. The molecule has 0 spiro atoms. The van der Waals surface area contributed by atoms with Crippen LogP contribution in [-0.2, 0) is 4.74 Å². The minimum Gasteiger partial charge on any atom is -0.491 e. The number of hydrogen-bond acceptors (Lipinski definition) is 3. The summed E-state index contributed by atoms with van der Waals surface area (Å²) in [7, 11) is 3.76. The molecular formula is C17H27NO2. The van der Waals surface area contributed by atoms with E-state index in [0.717, 1.165) is 5.75 Å². The zero-order chi connectivity index (χ0) is 14.4. The molecule has 0 amide bonds. The van der Waals surface area contributed by atoms with Gasteiger partial charge in [0.2, 0.25) is 0 Å². The van der Waals surface area contributed by atoms with E-state index in [1.54, 1.807) is 7.11 Å². The van der Waals surface area contributed by atoms with Crippen LogP contribution < -0.4 is 10.1 Å². The van der Waals surface area contributed by atoms with Crippen LogP contribution in [0.25, 0.3) is 0 Å². The molecule has 0 saturated heterocycles. The normalized spacial score (nSPS) is 18.9. The summed E-state index contributed by atoms with van der Waals surface area (Å²) in [6.07, 6.45) is 5.23. The third-order valence-corrected chi connectivity index (χ3v) is 4.51. The summed E-state index contributed by atoms with van der Waals surface area (Å²) in [6, 6.07) is 8.74. The summed E-state index contributed by atoms with van der Waals surface area (Å²) >= 11 is 0. The Bertz CT molecular complexity index is 413. The second kappa shape index (κ2) is 7.09. The molecule has 1 aromatic carbocycles. The van der Waals surface area contributed by atoms with Gasteiger partial charge in [-0.25, -0.2) is 0 Å². The second-order valence-corrected chi connectivity index (χ2v) is 5.96. The van der Waals surface area contributed by atoms with E-state index >= 15 is 0 Å². The Morgan fingerprint density at radius 3 is 2.55 bits per heavy atom. The van der Waals surface area contributed by atoms with Gasteiger partial charge in [-0.05, 0) is 31.4 Å². The van der Waals surface area contributed by atoms with Crippen molar-refractivity contribution in [2.24, 2.45) is 5.41 Å². The molecule has 0 aliphatic heterocycles. The largest absolute Gasteiger partial charge is 0.491 e. The van der Waals surface area contributed by atoms with Gasteiger partial charge in [0.05, 0.1) is 6.61 Å². The monoisotopic (exact) mass is 277 g/mol. The number of ether oxygens (including phenoxy) is 2. The quantitative estimate of drug-likeness (QED) is 0.773. The van der Waals surface area contributed by atoms with Gasteiger partial charge in [-0.2, -0.15) is 0 Å². The smallest absolute Gasteiger partial charge is 0.124 e. The number of nitrogens with one attached hydrogen (secondary N) is 1. The summed E-state index contributed by atoms with van der Waals surface area (Å²) < 4.78 is 11.0. The molecular weight excluding hydrogens is 250 g/mol. The highest BCUT2D eigenvalue weighted by Gasteiger charge is 2.38. The fourth-order valence-corrected chi connectivity index (χ4v) is 3.44. The molecule has 20 heavy (non-hydrogen) atoms. The van der Waals surface area contributed by atoms with Crippen molar-refractivity contribution in [2.75, 3.05) is 27.4 Å². The maximum atomic E-state index is 5.90. The van der Waals surface area contributed by atoms with Gasteiger partial charge in [0.15, 0.2) is 0 Å². The Labute approximate surface area is 122 Å². The van der Waals surface area contributed by atoms with Crippen molar-refractivity contribution in [2.45, 2.75) is 38.6 Å². The fourth-order valence-electron chi connectivity index (χ4n) is 3.44. The summed E-state index contributed by atoms with van der Waals surface area (Å²) in [5, 5.41) is 3.52. The van der Waals surface area contributed by atoms with E-state index in [2.05, 4.69) is 37.5 Å². The first-order valence-electron chi connectivity index (χ1n) is 7.59. The first-order valence-corrected chi connectivity index (χ1v) is 7.59. The number of hydrogen-bond donors (Lipinski definition) is 1. The van der Waals surface area contributed by atoms with Crippen LogP contribution in [0.1, 0.15) is 44.2 Å². The standard InChI is InChI=1S/C17H27NO2/c1-17(10-6-7-11-17)16(18-2)14-8-4-5-9-15(14)20-13-12-19-3/h4-5,8-9,16,18H,6-7,10-13H2,1-3H3. The molecule has 0 aromatic heterocycles. The molecule has 1 aromatic rings. The van der Waals surface area contributed by atoms with Gasteiger partial charge >= 0.3 is 0 Å². The van der Waals surface area contributed by atoms with Gasteiger partial charge < -0.3 is 14.8 Å². The predicted molar refractivity (Wildman–Crippen MR) is 82.2 cm³/mol. The molecule has 1 saturated carbocycles. The molecule has 0 heterocycles. The number of rotatable bonds is 7. The molecule has 1 unspecified atom stereocenters. The van der Waals surface area contributed by atoms with E-state index < -0.39 is 0 Å². The second-order valence-electron chi connectivity index (χ2n) is 5.96. The number of benzene rings is 1. The van der Waals surface area contributed by atoms with Crippen LogP contribution in [0.4, 0.5) is 0 Å². The van der Waals surface area contributed by atoms with Crippen LogP contribution >= 0.6 is 0 Å². The molecule has 3 heteroatoms. The maximum Gasteiger partial charge on any atom is 0.124 e. The van der Waals surface area contributed by atoms with Crippen molar-refractivity contribution in [1.29, 1.82) is 0 Å². The van der Waals surface area contributed by atoms with Gasteiger partial charge in [0.25, 0.3) is 0 Å². The lowest BCUT2D eigenvalue weighted by molar-refractivity contribution is 0.143. The van der Waals surface area contributed by atoms with Crippen molar-refractivity contribution in [1.82, 2.24) is 5.32 Å². The van der Waals surface area contributed by atoms with Crippen molar-refractivity contribution in [3.05, 3.63) is 29.8 Å². The molecule has 1 atom stereocenters. The van der Waals surface area contributed by atoms with Gasteiger partial charge in [-0.1, -0.05) is 38.0 Å². The molecule has 1 N–H and O–H groups in total. The summed E-state index contributed by atoms with van der Waals surface area (Å²) in [5.74, 6) is 0.983.